The quantitative estimate of drug-likeness (QED) is 0.0352. The van der Waals surface area contributed by atoms with Crippen LogP contribution >= 0.6 is 0 Å². The molecule has 0 heterocycles. The van der Waals surface area contributed by atoms with Gasteiger partial charge in [-0.3, -0.25) is 19.4 Å². The maximum absolute atomic E-state index is 13.3. The average Bonchev–Trinajstić information content (AvgIpc) is 1.87. The molecule has 0 aromatic rings. The van der Waals surface area contributed by atoms with Gasteiger partial charge in [-0.25, -0.2) is 0 Å². The van der Waals surface area contributed by atoms with Gasteiger partial charge >= 0.3 is 0 Å². The highest BCUT2D eigenvalue weighted by Crippen LogP contribution is 2.15. The molecule has 0 aromatic carbocycles. The Hall–Kier alpha value is -3.38. The molecule has 98 heavy (non-hydrogen) atoms. The highest BCUT2D eigenvalue weighted by molar-refractivity contribution is 5.76. The van der Waals surface area contributed by atoms with Crippen molar-refractivity contribution in [1.82, 2.24) is 30.2 Å². The third kappa shape index (κ3) is 75.3. The van der Waals surface area contributed by atoms with Crippen molar-refractivity contribution in [3.63, 3.8) is 0 Å². The maximum Gasteiger partial charge on any atom is 0.221 e. The molecule has 2 amide bonds. The number of allylic oxidation sites excluding steroid dienone is 16. The predicted octanol–water partition coefficient (Wildman–Crippen LogP) is 22.4. The first-order chi connectivity index (χ1) is 48.4. The van der Waals surface area contributed by atoms with Crippen molar-refractivity contribution < 1.29 is 19.8 Å². The molecular formula is C88H164N6O4. The topological polar surface area (TPSA) is 112 Å². The van der Waals surface area contributed by atoms with Gasteiger partial charge in [-0.1, -0.05) is 279 Å². The fraction of sp³-hybridized carbons (Fsp3) is 0.795. The van der Waals surface area contributed by atoms with Gasteiger partial charge in [-0.05, 0) is 180 Å². The number of rotatable bonds is 79. The first kappa shape index (κ1) is 94.6. The third-order valence-corrected chi connectivity index (χ3v) is 19.1. The van der Waals surface area contributed by atoms with Crippen molar-refractivity contribution >= 4 is 11.8 Å². The fourth-order valence-corrected chi connectivity index (χ4v) is 12.6. The number of amides is 2. The van der Waals surface area contributed by atoms with E-state index in [1.807, 2.05) is 0 Å². The molecule has 0 fully saturated rings. The van der Waals surface area contributed by atoms with Crippen LogP contribution in [0.4, 0.5) is 0 Å². The van der Waals surface area contributed by atoms with Crippen molar-refractivity contribution in [2.24, 2.45) is 0 Å². The van der Waals surface area contributed by atoms with Crippen LogP contribution < -0.4 is 10.6 Å². The normalized spacial score (nSPS) is 12.6. The smallest absolute Gasteiger partial charge is 0.221 e. The van der Waals surface area contributed by atoms with Crippen molar-refractivity contribution in [2.45, 2.75) is 349 Å². The van der Waals surface area contributed by atoms with Crippen LogP contribution in [-0.4, -0.2) is 146 Å². The van der Waals surface area contributed by atoms with E-state index in [-0.39, 0.29) is 25.0 Å². The number of carbonyl (C=O) groups is 2. The Bertz CT molecular complexity index is 1650. The summed E-state index contributed by atoms with van der Waals surface area (Å²) in [5, 5.41) is 26.5. The van der Waals surface area contributed by atoms with E-state index >= 15 is 0 Å². The Balaban J connectivity index is 5.07. The Kier molecular flexibility index (Phi) is 79.7. The van der Waals surface area contributed by atoms with Crippen LogP contribution in [0, 0.1) is 0 Å². The van der Waals surface area contributed by atoms with Gasteiger partial charge in [0.05, 0.1) is 13.2 Å². The number of hydrogen-bond donors (Lipinski definition) is 4. The number of aliphatic hydroxyl groups excluding tert-OH is 2. The Labute approximate surface area is 609 Å². The van der Waals surface area contributed by atoms with Crippen LogP contribution in [0.1, 0.15) is 349 Å². The Morgan fingerprint density at radius 3 is 0.663 bits per heavy atom. The van der Waals surface area contributed by atoms with E-state index in [1.54, 1.807) is 0 Å². The number of hydrogen-bond acceptors (Lipinski definition) is 8. The minimum absolute atomic E-state index is 0.0191. The summed E-state index contributed by atoms with van der Waals surface area (Å²) in [5.74, 6) is 0.113. The van der Waals surface area contributed by atoms with Gasteiger partial charge in [-0.15, -0.1) is 0 Å². The van der Waals surface area contributed by atoms with Crippen molar-refractivity contribution in [3.05, 3.63) is 97.2 Å². The lowest BCUT2D eigenvalue weighted by molar-refractivity contribution is -0.122. The predicted molar refractivity (Wildman–Crippen MR) is 433 cm³/mol. The van der Waals surface area contributed by atoms with Gasteiger partial charge < -0.3 is 30.6 Å². The third-order valence-electron chi connectivity index (χ3n) is 19.1. The van der Waals surface area contributed by atoms with Gasteiger partial charge in [-0.2, -0.15) is 0 Å². The molecule has 0 spiro atoms. The van der Waals surface area contributed by atoms with Crippen LogP contribution in [0.5, 0.6) is 0 Å². The molecule has 0 aliphatic heterocycles. The summed E-state index contributed by atoms with van der Waals surface area (Å²) >= 11 is 0. The van der Waals surface area contributed by atoms with Gasteiger partial charge in [0.15, 0.2) is 0 Å². The van der Waals surface area contributed by atoms with Gasteiger partial charge in [0.1, 0.15) is 0 Å². The molecule has 0 unspecified atom stereocenters. The number of unbranched alkanes of at least 4 members (excludes halogenated alkanes) is 36. The molecule has 0 saturated heterocycles. The molecule has 0 bridgehead atoms. The van der Waals surface area contributed by atoms with E-state index in [2.05, 4.69) is 155 Å². The molecule has 0 aromatic heterocycles. The lowest BCUT2D eigenvalue weighted by Gasteiger charge is -2.27. The standard InChI is InChI=1S/C88H164N6O4/c1-5-9-13-17-21-25-29-33-37-41-45-49-53-57-61-65-73-91(74-66-62-58-54-50-46-42-38-34-30-26-22-18-14-10-6-2)79-71-89-87(97)69-77-93(83-85-95)81-82-94(84-86-96)78-70-88(98)90-72-80-92(75-67-63-59-55-51-47-43-39-35-31-27-23-19-15-11-7-3)76-68-64-60-56-52-48-44-40-36-32-28-24-20-16-12-8-4/h21-28,33-40,95-96H,5-20,29-32,41-86H2,1-4H3,(H,89,97)(H,90,98)/b25-21-,26-22-,27-23-,28-24-,37-33-,38-34-,39-35-,40-36-. The van der Waals surface area contributed by atoms with E-state index in [0.29, 0.717) is 65.2 Å². The van der Waals surface area contributed by atoms with Crippen LogP contribution in [-0.2, 0) is 9.59 Å². The second-order valence-corrected chi connectivity index (χ2v) is 28.4. The lowest BCUT2D eigenvalue weighted by Crippen LogP contribution is -2.41. The van der Waals surface area contributed by atoms with E-state index in [4.69, 9.17) is 0 Å². The highest BCUT2D eigenvalue weighted by Gasteiger charge is 2.15. The van der Waals surface area contributed by atoms with Crippen molar-refractivity contribution in [2.75, 3.05) is 105 Å². The number of nitrogens with one attached hydrogen (secondary N) is 2. The minimum atomic E-state index is 0.0191. The summed E-state index contributed by atoms with van der Waals surface area (Å²) in [6.07, 6.45) is 98.6. The second-order valence-electron chi connectivity index (χ2n) is 28.4. The summed E-state index contributed by atoms with van der Waals surface area (Å²) in [5.41, 5.74) is 0. The summed E-state index contributed by atoms with van der Waals surface area (Å²) in [6.45, 7) is 19.9. The van der Waals surface area contributed by atoms with Crippen LogP contribution in [0.3, 0.4) is 0 Å². The monoisotopic (exact) mass is 1370 g/mol. The maximum atomic E-state index is 13.3. The molecule has 0 saturated carbocycles. The van der Waals surface area contributed by atoms with E-state index in [1.165, 1.54) is 283 Å². The van der Waals surface area contributed by atoms with Crippen molar-refractivity contribution in [1.29, 1.82) is 0 Å². The number of carbonyl (C=O) groups excluding carboxylic acids is 2. The van der Waals surface area contributed by atoms with Gasteiger partial charge in [0.25, 0.3) is 0 Å². The Morgan fingerprint density at radius 1 is 0.235 bits per heavy atom. The van der Waals surface area contributed by atoms with E-state index in [0.717, 1.165) is 65.0 Å². The molecule has 0 aliphatic carbocycles. The minimum Gasteiger partial charge on any atom is -0.395 e. The second kappa shape index (κ2) is 82.6. The SMILES string of the molecule is CCCCC/C=C\C/C=C\CCCCCCCCN(CCCCCCCC/C=C\C/C=C\CCCCC)CCNC(=O)CCN(CCO)CCN(CCO)CCC(=O)NCCN(CCCCCCCC/C=C\C/C=C\CCCCC)CCCCCCCC/C=C\C/C=C\CCCCC. The molecule has 0 radical (unpaired) electrons. The average molecular weight is 1370 g/mol. The molecule has 0 rings (SSSR count). The summed E-state index contributed by atoms with van der Waals surface area (Å²) in [4.78, 5) is 36.1. The molecule has 10 heteroatoms. The number of nitrogens with zero attached hydrogens (tertiary/aromatic N) is 4. The number of aliphatic hydroxyl groups is 2. The largest absolute Gasteiger partial charge is 0.395 e. The zero-order chi connectivity index (χ0) is 70.9. The lowest BCUT2D eigenvalue weighted by atomic mass is 10.1. The zero-order valence-corrected chi connectivity index (χ0v) is 65.4. The van der Waals surface area contributed by atoms with E-state index in [9.17, 15) is 19.8 Å². The first-order valence-corrected chi connectivity index (χ1v) is 42.3. The summed E-state index contributed by atoms with van der Waals surface area (Å²) in [7, 11) is 0. The highest BCUT2D eigenvalue weighted by atomic mass is 16.3. The van der Waals surface area contributed by atoms with Gasteiger partial charge in [0.2, 0.25) is 11.8 Å². The van der Waals surface area contributed by atoms with Crippen LogP contribution in [0.25, 0.3) is 0 Å². The van der Waals surface area contributed by atoms with Crippen LogP contribution in [0.2, 0.25) is 0 Å². The molecule has 0 aliphatic rings. The fourth-order valence-electron chi connectivity index (χ4n) is 12.6. The first-order valence-electron chi connectivity index (χ1n) is 42.3. The summed E-state index contributed by atoms with van der Waals surface area (Å²) < 4.78 is 0. The molecule has 10 nitrogen and oxygen atoms in total. The zero-order valence-electron chi connectivity index (χ0n) is 65.4. The summed E-state index contributed by atoms with van der Waals surface area (Å²) in [6, 6.07) is 0. The molecule has 4 N–H and O–H groups in total. The van der Waals surface area contributed by atoms with Crippen LogP contribution in [0.15, 0.2) is 97.2 Å². The molecule has 0 atom stereocenters. The molecule has 570 valence electrons. The molecular weight excluding hydrogens is 1210 g/mol. The Morgan fingerprint density at radius 2 is 0.439 bits per heavy atom. The van der Waals surface area contributed by atoms with Crippen molar-refractivity contribution in [3.8, 4) is 0 Å². The van der Waals surface area contributed by atoms with Gasteiger partial charge in [0, 0.05) is 78.3 Å². The van der Waals surface area contributed by atoms with E-state index < -0.39 is 0 Å².